The van der Waals surface area contributed by atoms with E-state index >= 15 is 0 Å². The summed E-state index contributed by atoms with van der Waals surface area (Å²) in [5, 5.41) is 0.182. The number of carbonyl (C=O) groups is 3. The molecule has 0 radical (unpaired) electrons. The molecular weight excluding hydrogens is 368 g/mol. The molecule has 0 bridgehead atoms. The highest BCUT2D eigenvalue weighted by atomic mass is 16.6. The van der Waals surface area contributed by atoms with Crippen LogP contribution in [0.25, 0.3) is 11.0 Å². The van der Waals surface area contributed by atoms with Gasteiger partial charge in [0.1, 0.15) is 11.3 Å². The maximum Gasteiger partial charge on any atom is 0.383 e. The van der Waals surface area contributed by atoms with Gasteiger partial charge in [-0.05, 0) is 24.3 Å². The van der Waals surface area contributed by atoms with Crippen molar-refractivity contribution in [2.45, 2.75) is 13.8 Å². The van der Waals surface area contributed by atoms with Crippen molar-refractivity contribution in [3.8, 4) is 17.2 Å². The molecule has 8 nitrogen and oxygen atoms in total. The first-order valence-corrected chi connectivity index (χ1v) is 8.10. The minimum absolute atomic E-state index is 0.0143. The van der Waals surface area contributed by atoms with Crippen LogP contribution in [0.1, 0.15) is 24.2 Å². The molecule has 2 aromatic carbocycles. The summed E-state index contributed by atoms with van der Waals surface area (Å²) in [6.07, 6.45) is 0. The van der Waals surface area contributed by atoms with E-state index in [0.717, 1.165) is 6.92 Å². The molecule has 0 atom stereocenters. The average Bonchev–Trinajstić information content (AvgIpc) is 2.64. The molecule has 3 rings (SSSR count). The molecule has 8 heteroatoms. The lowest BCUT2D eigenvalue weighted by Gasteiger charge is -2.11. The second kappa shape index (κ2) is 7.75. The first-order chi connectivity index (χ1) is 13.3. The van der Waals surface area contributed by atoms with Crippen LogP contribution in [0, 0.1) is 0 Å². The molecule has 1 heterocycles. The van der Waals surface area contributed by atoms with Crippen LogP contribution in [0.5, 0.6) is 17.2 Å². The van der Waals surface area contributed by atoms with E-state index < -0.39 is 29.3 Å². The fraction of sp³-hybridized carbons (Fsp3) is 0.100. The predicted octanol–water partition coefficient (Wildman–Crippen LogP) is 2.86. The Balaban J connectivity index is 2.11. The van der Waals surface area contributed by atoms with Gasteiger partial charge in [-0.2, -0.15) is 0 Å². The Morgan fingerprint density at radius 3 is 2.14 bits per heavy atom. The van der Waals surface area contributed by atoms with Crippen LogP contribution in [0.4, 0.5) is 0 Å². The number of fused-ring (bicyclic) bond motifs is 1. The fourth-order valence-corrected chi connectivity index (χ4v) is 2.42. The minimum atomic E-state index is -1.03. The van der Waals surface area contributed by atoms with Crippen molar-refractivity contribution in [2.24, 2.45) is 0 Å². The number of esters is 3. The van der Waals surface area contributed by atoms with E-state index in [9.17, 15) is 19.2 Å². The number of carbonyl (C=O) groups excluding carboxylic acids is 3. The van der Waals surface area contributed by atoms with E-state index in [1.807, 2.05) is 0 Å². The first kappa shape index (κ1) is 18.8. The van der Waals surface area contributed by atoms with Gasteiger partial charge in [-0.1, -0.05) is 18.2 Å². The Labute approximate surface area is 158 Å². The third kappa shape index (κ3) is 4.07. The van der Waals surface area contributed by atoms with Crippen molar-refractivity contribution >= 4 is 28.9 Å². The van der Waals surface area contributed by atoms with E-state index in [-0.39, 0.29) is 28.0 Å². The lowest BCUT2D eigenvalue weighted by Crippen LogP contribution is -2.17. The van der Waals surface area contributed by atoms with E-state index in [0.29, 0.717) is 0 Å². The number of ether oxygens (including phenoxy) is 3. The Morgan fingerprint density at radius 2 is 1.50 bits per heavy atom. The van der Waals surface area contributed by atoms with Crippen molar-refractivity contribution in [1.82, 2.24) is 0 Å². The third-order valence-corrected chi connectivity index (χ3v) is 3.50. The standard InChI is InChI=1S/C20H14O8/c1-11(21)25-14-8-9-15-16(10-14)27-20(24)18(17(15)26-12(2)22)28-19(23)13-6-4-3-5-7-13/h3-10H,1-2H3. The summed E-state index contributed by atoms with van der Waals surface area (Å²) in [4.78, 5) is 47.3. The topological polar surface area (TPSA) is 109 Å². The predicted molar refractivity (Wildman–Crippen MR) is 96.5 cm³/mol. The Kier molecular flexibility index (Phi) is 5.21. The molecule has 0 fully saturated rings. The normalized spacial score (nSPS) is 10.4. The molecule has 0 saturated heterocycles. The van der Waals surface area contributed by atoms with Crippen LogP contribution in [-0.2, 0) is 9.59 Å². The van der Waals surface area contributed by atoms with Gasteiger partial charge in [0.2, 0.25) is 0 Å². The van der Waals surface area contributed by atoms with Gasteiger partial charge in [0.25, 0.3) is 5.75 Å². The molecule has 28 heavy (non-hydrogen) atoms. The summed E-state index contributed by atoms with van der Waals surface area (Å²) < 4.78 is 20.4. The highest BCUT2D eigenvalue weighted by Gasteiger charge is 2.23. The summed E-state index contributed by atoms with van der Waals surface area (Å²) in [5.41, 5.74) is -0.853. The Hall–Kier alpha value is -3.94. The molecule has 3 aromatic rings. The van der Waals surface area contributed by atoms with Crippen LogP contribution >= 0.6 is 0 Å². The molecule has 0 amide bonds. The van der Waals surface area contributed by atoms with E-state index in [4.69, 9.17) is 18.6 Å². The van der Waals surface area contributed by atoms with Crippen LogP contribution in [0.15, 0.2) is 57.7 Å². The van der Waals surface area contributed by atoms with Crippen molar-refractivity contribution in [3.63, 3.8) is 0 Å². The summed E-state index contributed by atoms with van der Waals surface area (Å²) in [5.74, 6) is -2.80. The van der Waals surface area contributed by atoms with E-state index in [1.54, 1.807) is 18.2 Å². The average molecular weight is 382 g/mol. The Morgan fingerprint density at radius 1 is 0.821 bits per heavy atom. The summed E-state index contributed by atoms with van der Waals surface area (Å²) in [6.45, 7) is 2.35. The minimum Gasteiger partial charge on any atom is -0.427 e. The molecule has 142 valence electrons. The number of rotatable bonds is 4. The Bertz CT molecular complexity index is 1130. The number of hydrogen-bond acceptors (Lipinski definition) is 8. The van der Waals surface area contributed by atoms with Gasteiger partial charge in [0.15, 0.2) is 5.75 Å². The molecule has 0 saturated carbocycles. The van der Waals surface area contributed by atoms with E-state index in [1.165, 1.54) is 37.3 Å². The summed E-state index contributed by atoms with van der Waals surface area (Å²) >= 11 is 0. The smallest absolute Gasteiger partial charge is 0.383 e. The van der Waals surface area contributed by atoms with Crippen molar-refractivity contribution in [2.75, 3.05) is 0 Å². The SMILES string of the molecule is CC(=O)Oc1ccc2c(OC(C)=O)c(OC(=O)c3ccccc3)c(=O)oc2c1. The zero-order valence-electron chi connectivity index (χ0n) is 14.9. The summed E-state index contributed by atoms with van der Waals surface area (Å²) in [7, 11) is 0. The van der Waals surface area contributed by atoms with Gasteiger partial charge in [0.05, 0.1) is 10.9 Å². The van der Waals surface area contributed by atoms with Crippen molar-refractivity contribution in [1.29, 1.82) is 0 Å². The van der Waals surface area contributed by atoms with Gasteiger partial charge < -0.3 is 18.6 Å². The van der Waals surface area contributed by atoms with Gasteiger partial charge in [-0.25, -0.2) is 9.59 Å². The van der Waals surface area contributed by atoms with Gasteiger partial charge in [-0.15, -0.1) is 0 Å². The zero-order valence-corrected chi connectivity index (χ0v) is 14.9. The lowest BCUT2D eigenvalue weighted by molar-refractivity contribution is -0.132. The summed E-state index contributed by atoms with van der Waals surface area (Å²) in [6, 6.07) is 12.1. The fourth-order valence-electron chi connectivity index (χ4n) is 2.42. The van der Waals surface area contributed by atoms with Crippen molar-refractivity contribution in [3.05, 3.63) is 64.5 Å². The van der Waals surface area contributed by atoms with Crippen molar-refractivity contribution < 1.29 is 33.0 Å². The van der Waals surface area contributed by atoms with Crippen LogP contribution in [0.3, 0.4) is 0 Å². The van der Waals surface area contributed by atoms with E-state index in [2.05, 4.69) is 0 Å². The molecule has 0 N–H and O–H groups in total. The molecule has 0 aliphatic heterocycles. The largest absolute Gasteiger partial charge is 0.427 e. The molecule has 0 aliphatic rings. The lowest BCUT2D eigenvalue weighted by atomic mass is 10.2. The number of hydrogen-bond donors (Lipinski definition) is 0. The maximum absolute atomic E-state index is 12.4. The monoisotopic (exact) mass is 382 g/mol. The molecular formula is C20H14O8. The first-order valence-electron chi connectivity index (χ1n) is 8.10. The highest BCUT2D eigenvalue weighted by molar-refractivity contribution is 5.94. The molecule has 0 unspecified atom stereocenters. The molecule has 0 aliphatic carbocycles. The molecule has 1 aromatic heterocycles. The van der Waals surface area contributed by atoms with Gasteiger partial charge >= 0.3 is 23.5 Å². The van der Waals surface area contributed by atoms with Gasteiger partial charge in [0, 0.05) is 19.9 Å². The molecule has 0 spiro atoms. The van der Waals surface area contributed by atoms with Gasteiger partial charge in [-0.3, -0.25) is 9.59 Å². The van der Waals surface area contributed by atoms with Crippen LogP contribution in [0.2, 0.25) is 0 Å². The quantitative estimate of drug-likeness (QED) is 0.385. The third-order valence-electron chi connectivity index (χ3n) is 3.50. The van der Waals surface area contributed by atoms with Crippen LogP contribution in [-0.4, -0.2) is 17.9 Å². The highest BCUT2D eigenvalue weighted by Crippen LogP contribution is 2.35. The van der Waals surface area contributed by atoms with Crippen LogP contribution < -0.4 is 19.8 Å². The zero-order chi connectivity index (χ0) is 20.3. The maximum atomic E-state index is 12.4. The number of benzene rings is 2. The second-order valence-electron chi connectivity index (χ2n) is 5.65. The second-order valence-corrected chi connectivity index (χ2v) is 5.65.